The molecule has 0 fully saturated rings. The van der Waals surface area contributed by atoms with Crippen LogP contribution in [-0.4, -0.2) is 32.7 Å². The zero-order valence-electron chi connectivity index (χ0n) is 5.64. The van der Waals surface area contributed by atoms with Gasteiger partial charge in [-0.05, 0) is 0 Å². The molecule has 57 valence electrons. The fraction of sp³-hybridized carbons (Fsp3) is 0.600. The van der Waals surface area contributed by atoms with Crippen molar-refractivity contribution in [1.82, 2.24) is 10.6 Å². The van der Waals surface area contributed by atoms with Crippen LogP contribution in [0.3, 0.4) is 0 Å². The summed E-state index contributed by atoms with van der Waals surface area (Å²) < 4.78 is 4.25. The van der Waals surface area contributed by atoms with Gasteiger partial charge in [-0.3, -0.25) is 4.79 Å². The van der Waals surface area contributed by atoms with Gasteiger partial charge in [0.15, 0.2) is 0 Å². The lowest BCUT2D eigenvalue weighted by Gasteiger charge is -2.00. The van der Waals surface area contributed by atoms with Gasteiger partial charge in [-0.1, -0.05) is 0 Å². The van der Waals surface area contributed by atoms with E-state index in [1.807, 2.05) is 0 Å². The SMILES string of the molecule is COC(=O)NCCN[C]=O. The maximum Gasteiger partial charge on any atom is 0.406 e. The minimum atomic E-state index is -0.507. The van der Waals surface area contributed by atoms with Crippen LogP contribution in [0.4, 0.5) is 4.79 Å². The molecule has 0 bridgehead atoms. The first kappa shape index (κ1) is 8.74. The van der Waals surface area contributed by atoms with Gasteiger partial charge >= 0.3 is 12.5 Å². The monoisotopic (exact) mass is 145 g/mol. The van der Waals surface area contributed by atoms with Crippen molar-refractivity contribution >= 4 is 12.5 Å². The van der Waals surface area contributed by atoms with Gasteiger partial charge in [0.05, 0.1) is 7.11 Å². The molecule has 5 nitrogen and oxygen atoms in total. The Morgan fingerprint density at radius 1 is 1.60 bits per heavy atom. The van der Waals surface area contributed by atoms with Gasteiger partial charge in [0.1, 0.15) is 0 Å². The second-order valence-corrected chi connectivity index (χ2v) is 1.45. The Kier molecular flexibility index (Phi) is 5.13. The van der Waals surface area contributed by atoms with Crippen LogP contribution in [0.5, 0.6) is 0 Å². The number of rotatable bonds is 4. The van der Waals surface area contributed by atoms with E-state index in [-0.39, 0.29) is 0 Å². The van der Waals surface area contributed by atoms with E-state index < -0.39 is 6.09 Å². The van der Waals surface area contributed by atoms with E-state index in [0.29, 0.717) is 13.1 Å². The lowest BCUT2D eigenvalue weighted by atomic mass is 10.6. The van der Waals surface area contributed by atoms with Crippen LogP contribution in [0, 0.1) is 0 Å². The molecule has 0 spiro atoms. The summed E-state index contributed by atoms with van der Waals surface area (Å²) in [6, 6.07) is 0. The van der Waals surface area contributed by atoms with Crippen LogP contribution in [-0.2, 0) is 9.53 Å². The molecule has 0 unspecified atom stereocenters. The lowest BCUT2D eigenvalue weighted by Crippen LogP contribution is -2.30. The van der Waals surface area contributed by atoms with Gasteiger partial charge in [0.25, 0.3) is 0 Å². The maximum atomic E-state index is 10.3. The van der Waals surface area contributed by atoms with Crippen molar-refractivity contribution in [2.75, 3.05) is 20.2 Å². The molecule has 2 amide bonds. The standard InChI is InChI=1S/C5H9N2O3/c1-10-5(9)7-3-2-6-4-8/h2-3H2,1H3,(H,6,8)(H,7,9). The fourth-order valence-corrected chi connectivity index (χ4v) is 0.350. The predicted molar refractivity (Wildman–Crippen MR) is 34.1 cm³/mol. The zero-order valence-corrected chi connectivity index (χ0v) is 5.64. The van der Waals surface area contributed by atoms with Crippen LogP contribution >= 0.6 is 0 Å². The third-order valence-corrected chi connectivity index (χ3v) is 0.777. The average molecular weight is 145 g/mol. The number of ether oxygens (including phenoxy) is 1. The number of carbonyl (C=O) groups is 1. The number of amides is 2. The summed E-state index contributed by atoms with van der Waals surface area (Å²) in [5.41, 5.74) is 0. The highest BCUT2D eigenvalue weighted by Crippen LogP contribution is 1.67. The van der Waals surface area contributed by atoms with Crippen LogP contribution in [0.2, 0.25) is 0 Å². The van der Waals surface area contributed by atoms with Gasteiger partial charge in [-0.15, -0.1) is 0 Å². The highest BCUT2D eigenvalue weighted by molar-refractivity contribution is 5.66. The third-order valence-electron chi connectivity index (χ3n) is 0.777. The van der Waals surface area contributed by atoms with Gasteiger partial charge < -0.3 is 15.4 Å². The fourth-order valence-electron chi connectivity index (χ4n) is 0.350. The summed E-state index contributed by atoms with van der Waals surface area (Å²) in [6.45, 7) is 0.709. The molecule has 0 aromatic heterocycles. The minimum absolute atomic E-state index is 0.349. The molecule has 0 aliphatic heterocycles. The summed E-state index contributed by atoms with van der Waals surface area (Å²) in [5.74, 6) is 0. The largest absolute Gasteiger partial charge is 0.453 e. The Bertz CT molecular complexity index is 115. The lowest BCUT2D eigenvalue weighted by molar-refractivity contribution is 0.171. The van der Waals surface area contributed by atoms with E-state index in [9.17, 15) is 9.59 Å². The Morgan fingerprint density at radius 2 is 2.30 bits per heavy atom. The number of nitrogens with one attached hydrogen (secondary N) is 2. The summed E-state index contributed by atoms with van der Waals surface area (Å²) >= 11 is 0. The van der Waals surface area contributed by atoms with E-state index in [0.717, 1.165) is 0 Å². The Labute approximate surface area is 58.7 Å². The van der Waals surface area contributed by atoms with Crippen molar-refractivity contribution < 1.29 is 14.3 Å². The Balaban J connectivity index is 3.03. The van der Waals surface area contributed by atoms with E-state index in [4.69, 9.17) is 0 Å². The molecular formula is C5H9N2O3. The minimum Gasteiger partial charge on any atom is -0.453 e. The number of carbonyl (C=O) groups excluding carboxylic acids is 2. The first-order valence-electron chi connectivity index (χ1n) is 2.73. The topological polar surface area (TPSA) is 67.4 Å². The highest BCUT2D eigenvalue weighted by atomic mass is 16.5. The Hall–Kier alpha value is -1.26. The normalized spacial score (nSPS) is 8.10. The highest BCUT2D eigenvalue weighted by Gasteiger charge is 1.93. The number of alkyl carbamates (subject to hydrolysis) is 1. The van der Waals surface area contributed by atoms with Crippen molar-refractivity contribution in [1.29, 1.82) is 0 Å². The molecule has 0 aromatic carbocycles. The van der Waals surface area contributed by atoms with E-state index >= 15 is 0 Å². The maximum absolute atomic E-state index is 10.3. The second-order valence-electron chi connectivity index (χ2n) is 1.45. The van der Waals surface area contributed by atoms with Crippen molar-refractivity contribution in [2.24, 2.45) is 0 Å². The summed E-state index contributed by atoms with van der Waals surface area (Å²) in [6.07, 6.45) is 0.961. The van der Waals surface area contributed by atoms with Crippen molar-refractivity contribution in [3.63, 3.8) is 0 Å². The first-order chi connectivity index (χ1) is 4.81. The quantitative estimate of drug-likeness (QED) is 0.394. The average Bonchev–Trinajstić information content (AvgIpc) is 1.98. The molecule has 0 aliphatic carbocycles. The van der Waals surface area contributed by atoms with Crippen LogP contribution in [0.1, 0.15) is 0 Å². The molecule has 0 aromatic rings. The molecule has 0 heterocycles. The van der Waals surface area contributed by atoms with Gasteiger partial charge in [0.2, 0.25) is 0 Å². The van der Waals surface area contributed by atoms with E-state index in [1.165, 1.54) is 13.5 Å². The van der Waals surface area contributed by atoms with Crippen molar-refractivity contribution in [2.45, 2.75) is 0 Å². The molecule has 0 aliphatic rings. The van der Waals surface area contributed by atoms with Crippen molar-refractivity contribution in [3.05, 3.63) is 0 Å². The molecule has 0 saturated carbocycles. The van der Waals surface area contributed by atoms with Gasteiger partial charge in [0, 0.05) is 13.1 Å². The molecule has 1 radical (unpaired) electrons. The Morgan fingerprint density at radius 3 is 2.80 bits per heavy atom. The predicted octanol–water partition coefficient (Wildman–Crippen LogP) is -1.00. The molecule has 5 heteroatoms. The molecule has 10 heavy (non-hydrogen) atoms. The van der Waals surface area contributed by atoms with E-state index in [2.05, 4.69) is 15.4 Å². The van der Waals surface area contributed by atoms with Crippen LogP contribution < -0.4 is 10.6 Å². The van der Waals surface area contributed by atoms with Crippen LogP contribution in [0.15, 0.2) is 0 Å². The van der Waals surface area contributed by atoms with Gasteiger partial charge in [-0.2, -0.15) is 0 Å². The number of hydrogen-bond acceptors (Lipinski definition) is 3. The summed E-state index contributed by atoms with van der Waals surface area (Å²) in [5, 5.41) is 4.62. The number of methoxy groups -OCH3 is 1. The van der Waals surface area contributed by atoms with E-state index in [1.54, 1.807) is 0 Å². The smallest absolute Gasteiger partial charge is 0.406 e. The molecule has 2 N–H and O–H groups in total. The first-order valence-corrected chi connectivity index (χ1v) is 2.73. The molecular weight excluding hydrogens is 136 g/mol. The molecule has 0 rings (SSSR count). The summed E-state index contributed by atoms with van der Waals surface area (Å²) in [7, 11) is 1.27. The third kappa shape index (κ3) is 4.89. The molecule has 0 saturated heterocycles. The van der Waals surface area contributed by atoms with Crippen molar-refractivity contribution in [3.8, 4) is 0 Å². The zero-order chi connectivity index (χ0) is 7.82. The summed E-state index contributed by atoms with van der Waals surface area (Å²) in [4.78, 5) is 19.9. The molecule has 0 atom stereocenters. The number of hydrogen-bond donors (Lipinski definition) is 2. The van der Waals surface area contributed by atoms with Crippen LogP contribution in [0.25, 0.3) is 0 Å². The van der Waals surface area contributed by atoms with Gasteiger partial charge in [-0.25, -0.2) is 4.79 Å². The second kappa shape index (κ2) is 5.87.